The van der Waals surface area contributed by atoms with Crippen LogP contribution in [0.25, 0.3) is 11.1 Å². The molecule has 0 spiro atoms. The topological polar surface area (TPSA) is 49.8 Å². The normalized spacial score (nSPS) is 17.3. The van der Waals surface area contributed by atoms with Crippen LogP contribution in [0.3, 0.4) is 0 Å². The maximum Gasteiger partial charge on any atom is 0.414 e. The molecule has 5 heteroatoms. The highest BCUT2D eigenvalue weighted by Gasteiger charge is 2.32. The first-order valence-corrected chi connectivity index (χ1v) is 10.2. The lowest BCUT2D eigenvalue weighted by Crippen LogP contribution is -2.38. The summed E-state index contributed by atoms with van der Waals surface area (Å²) in [7, 11) is 0. The molecule has 3 aromatic carbocycles. The van der Waals surface area contributed by atoms with Crippen LogP contribution in [0, 0.1) is 5.82 Å². The third kappa shape index (κ3) is 3.06. The van der Waals surface area contributed by atoms with Crippen LogP contribution < -0.4 is 4.90 Å². The van der Waals surface area contributed by atoms with E-state index in [0.717, 1.165) is 16.7 Å². The molecule has 0 fully saturated rings. The lowest BCUT2D eigenvalue weighted by atomic mass is 9.90. The monoisotopic (exact) mass is 403 g/mol. The molecule has 3 aromatic rings. The predicted octanol–water partition coefficient (Wildman–Crippen LogP) is 5.06. The van der Waals surface area contributed by atoms with E-state index in [1.54, 1.807) is 6.07 Å². The SMILES string of the molecule is O=C(OCC1c2ccccc2-c2ccccc21)N1CCC(CO)c2ccc(F)cc21. The third-order valence-electron chi connectivity index (χ3n) is 6.20. The van der Waals surface area contributed by atoms with Gasteiger partial charge in [-0.1, -0.05) is 54.6 Å². The Bertz CT molecular complexity index is 1070. The summed E-state index contributed by atoms with van der Waals surface area (Å²) in [6, 6.07) is 20.7. The quantitative estimate of drug-likeness (QED) is 0.665. The Morgan fingerprint density at radius 2 is 1.67 bits per heavy atom. The molecule has 1 aliphatic carbocycles. The third-order valence-corrected chi connectivity index (χ3v) is 6.20. The number of hydrogen-bond donors (Lipinski definition) is 1. The number of benzene rings is 3. The summed E-state index contributed by atoms with van der Waals surface area (Å²) in [6.07, 6.45) is 0.124. The Hall–Kier alpha value is -3.18. The van der Waals surface area contributed by atoms with Crippen molar-refractivity contribution in [1.29, 1.82) is 0 Å². The fourth-order valence-corrected chi connectivity index (χ4v) is 4.71. The lowest BCUT2D eigenvalue weighted by Gasteiger charge is -2.33. The van der Waals surface area contributed by atoms with E-state index in [1.165, 1.54) is 28.2 Å². The molecule has 4 nitrogen and oxygen atoms in total. The van der Waals surface area contributed by atoms with E-state index in [9.17, 15) is 14.3 Å². The number of hydrogen-bond acceptors (Lipinski definition) is 3. The first-order chi connectivity index (χ1) is 14.7. The number of fused-ring (bicyclic) bond motifs is 4. The summed E-state index contributed by atoms with van der Waals surface area (Å²) in [5.74, 6) is -0.537. The Kier molecular flexibility index (Phi) is 4.75. The molecule has 1 unspecified atom stereocenters. The Labute approximate surface area is 174 Å². The number of carbonyl (C=O) groups excluding carboxylic acids is 1. The van der Waals surface area contributed by atoms with Gasteiger partial charge < -0.3 is 9.84 Å². The molecule has 0 saturated carbocycles. The van der Waals surface area contributed by atoms with E-state index >= 15 is 0 Å². The van der Waals surface area contributed by atoms with Gasteiger partial charge in [0.15, 0.2) is 0 Å². The summed E-state index contributed by atoms with van der Waals surface area (Å²) in [5, 5.41) is 9.64. The highest BCUT2D eigenvalue weighted by Crippen LogP contribution is 2.44. The minimum absolute atomic E-state index is 0.0247. The van der Waals surface area contributed by atoms with E-state index in [1.807, 2.05) is 24.3 Å². The van der Waals surface area contributed by atoms with Gasteiger partial charge in [0.05, 0.1) is 12.3 Å². The predicted molar refractivity (Wildman–Crippen MR) is 113 cm³/mol. The van der Waals surface area contributed by atoms with Crippen LogP contribution in [0.15, 0.2) is 66.7 Å². The van der Waals surface area contributed by atoms with Gasteiger partial charge in [-0.3, -0.25) is 4.90 Å². The number of anilines is 1. The molecule has 5 rings (SSSR count). The minimum Gasteiger partial charge on any atom is -0.448 e. The number of ether oxygens (including phenoxy) is 1. The average Bonchev–Trinajstić information content (AvgIpc) is 3.10. The minimum atomic E-state index is -0.486. The van der Waals surface area contributed by atoms with Crippen LogP contribution in [0.4, 0.5) is 14.9 Å². The van der Waals surface area contributed by atoms with Crippen molar-refractivity contribution in [1.82, 2.24) is 0 Å². The zero-order valence-corrected chi connectivity index (χ0v) is 16.4. The Morgan fingerprint density at radius 3 is 2.33 bits per heavy atom. The smallest absolute Gasteiger partial charge is 0.414 e. The molecule has 152 valence electrons. The van der Waals surface area contributed by atoms with Crippen molar-refractivity contribution in [3.05, 3.63) is 89.2 Å². The summed E-state index contributed by atoms with van der Waals surface area (Å²) in [4.78, 5) is 14.5. The molecule has 2 aliphatic rings. The van der Waals surface area contributed by atoms with Crippen molar-refractivity contribution in [3.63, 3.8) is 0 Å². The molecule has 0 aromatic heterocycles. The van der Waals surface area contributed by atoms with Crippen LogP contribution >= 0.6 is 0 Å². The molecule has 1 N–H and O–H groups in total. The zero-order chi connectivity index (χ0) is 20.7. The second kappa shape index (κ2) is 7.58. The molecule has 0 radical (unpaired) electrons. The van der Waals surface area contributed by atoms with Gasteiger partial charge in [-0.15, -0.1) is 0 Å². The second-order valence-corrected chi connectivity index (χ2v) is 7.83. The Balaban J connectivity index is 1.39. The summed E-state index contributed by atoms with van der Waals surface area (Å²) in [6.45, 7) is 0.576. The molecule has 1 heterocycles. The van der Waals surface area contributed by atoms with Crippen molar-refractivity contribution in [3.8, 4) is 11.1 Å². The number of carbonyl (C=O) groups is 1. The summed E-state index contributed by atoms with van der Waals surface area (Å²) >= 11 is 0. The first kappa shape index (κ1) is 18.8. The highest BCUT2D eigenvalue weighted by molar-refractivity contribution is 5.89. The number of rotatable bonds is 3. The molecular formula is C25H22FNO3. The van der Waals surface area contributed by atoms with E-state index in [0.29, 0.717) is 18.7 Å². The first-order valence-electron chi connectivity index (χ1n) is 10.2. The van der Waals surface area contributed by atoms with E-state index < -0.39 is 11.9 Å². The van der Waals surface area contributed by atoms with Crippen LogP contribution in [0.5, 0.6) is 0 Å². The average molecular weight is 403 g/mol. The molecule has 0 bridgehead atoms. The summed E-state index contributed by atoms with van der Waals surface area (Å²) in [5.41, 5.74) is 5.90. The number of aliphatic hydroxyl groups excluding tert-OH is 1. The van der Waals surface area contributed by atoms with Gasteiger partial charge in [0.2, 0.25) is 0 Å². The standard InChI is InChI=1S/C25H22FNO3/c26-17-9-10-18-16(14-28)11-12-27(24(18)13-17)25(29)30-15-23-21-7-3-1-5-19(21)20-6-2-4-8-22(20)23/h1-10,13,16,23,28H,11-12,14-15H2. The largest absolute Gasteiger partial charge is 0.448 e. The van der Waals surface area contributed by atoms with Crippen molar-refractivity contribution in [2.24, 2.45) is 0 Å². The molecule has 1 amide bonds. The van der Waals surface area contributed by atoms with E-state index in [2.05, 4.69) is 24.3 Å². The summed E-state index contributed by atoms with van der Waals surface area (Å²) < 4.78 is 19.6. The van der Waals surface area contributed by atoms with Crippen LogP contribution in [-0.2, 0) is 4.74 Å². The Morgan fingerprint density at radius 1 is 1.00 bits per heavy atom. The molecule has 0 saturated heterocycles. The van der Waals surface area contributed by atoms with Gasteiger partial charge in [-0.05, 0) is 46.4 Å². The fraction of sp³-hybridized carbons (Fsp3) is 0.240. The van der Waals surface area contributed by atoms with Crippen LogP contribution in [0.2, 0.25) is 0 Å². The molecule has 1 aliphatic heterocycles. The highest BCUT2D eigenvalue weighted by atomic mass is 19.1. The van der Waals surface area contributed by atoms with Crippen molar-refractivity contribution >= 4 is 11.8 Å². The van der Waals surface area contributed by atoms with Gasteiger partial charge in [0.25, 0.3) is 0 Å². The van der Waals surface area contributed by atoms with Crippen molar-refractivity contribution in [2.45, 2.75) is 18.3 Å². The zero-order valence-electron chi connectivity index (χ0n) is 16.4. The van der Waals surface area contributed by atoms with Gasteiger partial charge in [-0.2, -0.15) is 0 Å². The van der Waals surface area contributed by atoms with Crippen LogP contribution in [-0.4, -0.2) is 31.0 Å². The molecular weight excluding hydrogens is 381 g/mol. The van der Waals surface area contributed by atoms with E-state index in [4.69, 9.17) is 4.74 Å². The lowest BCUT2D eigenvalue weighted by molar-refractivity contribution is 0.149. The van der Waals surface area contributed by atoms with Crippen molar-refractivity contribution in [2.75, 3.05) is 24.7 Å². The fourth-order valence-electron chi connectivity index (χ4n) is 4.71. The number of halogens is 1. The van der Waals surface area contributed by atoms with Gasteiger partial charge in [0, 0.05) is 18.4 Å². The molecule has 30 heavy (non-hydrogen) atoms. The van der Waals surface area contributed by atoms with Crippen molar-refractivity contribution < 1.29 is 19.0 Å². The molecule has 1 atom stereocenters. The second-order valence-electron chi connectivity index (χ2n) is 7.83. The maximum absolute atomic E-state index is 13.9. The van der Waals surface area contributed by atoms with Gasteiger partial charge in [0.1, 0.15) is 12.4 Å². The van der Waals surface area contributed by atoms with E-state index in [-0.39, 0.29) is 25.0 Å². The number of aliphatic hydroxyl groups is 1. The number of amides is 1. The van der Waals surface area contributed by atoms with Gasteiger partial charge >= 0.3 is 6.09 Å². The van der Waals surface area contributed by atoms with Gasteiger partial charge in [-0.25, -0.2) is 9.18 Å². The van der Waals surface area contributed by atoms with Crippen LogP contribution in [0.1, 0.15) is 34.9 Å². The number of nitrogens with zero attached hydrogens (tertiary/aromatic N) is 1. The maximum atomic E-state index is 13.9.